The van der Waals surface area contributed by atoms with Crippen LogP contribution in [0.5, 0.6) is 0 Å². The van der Waals surface area contributed by atoms with Crippen LogP contribution < -0.4 is 10.0 Å². The summed E-state index contributed by atoms with van der Waals surface area (Å²) >= 11 is 11.8. The zero-order valence-electron chi connectivity index (χ0n) is 15.2. The summed E-state index contributed by atoms with van der Waals surface area (Å²) in [6.07, 6.45) is 5.94. The third kappa shape index (κ3) is 5.50. The van der Waals surface area contributed by atoms with Crippen LogP contribution in [0.4, 0.5) is 5.69 Å². The number of halogens is 2. The second kappa shape index (κ2) is 9.30. The lowest BCUT2D eigenvalue weighted by atomic mass is 10.1. The first-order chi connectivity index (χ1) is 13.9. The number of aryl methyl sites for hydroxylation is 1. The molecule has 10 heteroatoms. The molecule has 0 aliphatic rings. The maximum Gasteiger partial charge on any atom is 0.261 e. The number of hydrogen-bond acceptors (Lipinski definition) is 4. The van der Waals surface area contributed by atoms with Gasteiger partial charge in [-0.15, -0.1) is 0 Å². The molecule has 0 saturated carbocycles. The lowest BCUT2D eigenvalue weighted by Gasteiger charge is -2.13. The van der Waals surface area contributed by atoms with E-state index in [1.165, 1.54) is 24.3 Å². The van der Waals surface area contributed by atoms with Crippen molar-refractivity contribution in [3.05, 3.63) is 76.8 Å². The van der Waals surface area contributed by atoms with Gasteiger partial charge in [0.1, 0.15) is 0 Å². The summed E-state index contributed by atoms with van der Waals surface area (Å²) in [6, 6.07) is 10.4. The number of hydrogen-bond donors (Lipinski definition) is 2. The number of imidazole rings is 1. The molecule has 1 aromatic heterocycles. The van der Waals surface area contributed by atoms with Gasteiger partial charge in [0.05, 0.1) is 32.5 Å². The van der Waals surface area contributed by atoms with Gasteiger partial charge in [-0.2, -0.15) is 0 Å². The number of rotatable bonds is 8. The van der Waals surface area contributed by atoms with E-state index >= 15 is 0 Å². The summed E-state index contributed by atoms with van der Waals surface area (Å²) in [5.74, 6) is -0.372. The fourth-order valence-electron chi connectivity index (χ4n) is 2.60. The van der Waals surface area contributed by atoms with Crippen LogP contribution in [0.3, 0.4) is 0 Å². The molecular formula is C19H18Cl2N4O3S. The molecule has 1 heterocycles. The highest BCUT2D eigenvalue weighted by atomic mass is 35.5. The van der Waals surface area contributed by atoms with E-state index in [4.69, 9.17) is 23.2 Å². The molecule has 2 N–H and O–H groups in total. The molecule has 3 rings (SSSR count). The molecule has 0 aliphatic heterocycles. The molecule has 1 amide bonds. The number of carbonyl (C=O) groups is 1. The Morgan fingerprint density at radius 2 is 1.90 bits per heavy atom. The Kier molecular flexibility index (Phi) is 6.79. The monoisotopic (exact) mass is 452 g/mol. The van der Waals surface area contributed by atoms with Crippen molar-refractivity contribution in [2.75, 3.05) is 11.3 Å². The summed E-state index contributed by atoms with van der Waals surface area (Å²) in [4.78, 5) is 16.5. The highest BCUT2D eigenvalue weighted by Crippen LogP contribution is 2.26. The van der Waals surface area contributed by atoms with Crippen molar-refractivity contribution < 1.29 is 13.2 Å². The summed E-state index contributed by atoms with van der Waals surface area (Å²) in [6.45, 7) is 1.15. The minimum Gasteiger partial charge on any atom is -0.352 e. The van der Waals surface area contributed by atoms with Gasteiger partial charge in [-0.3, -0.25) is 9.52 Å². The van der Waals surface area contributed by atoms with Gasteiger partial charge < -0.3 is 9.88 Å². The molecule has 3 aromatic rings. The minimum atomic E-state index is -3.95. The molecule has 0 spiro atoms. The van der Waals surface area contributed by atoms with E-state index in [9.17, 15) is 13.2 Å². The quantitative estimate of drug-likeness (QED) is 0.508. The van der Waals surface area contributed by atoms with Gasteiger partial charge >= 0.3 is 0 Å². The van der Waals surface area contributed by atoms with E-state index in [1.807, 2.05) is 10.8 Å². The number of anilines is 1. The highest BCUT2D eigenvalue weighted by Gasteiger charge is 2.19. The van der Waals surface area contributed by atoms with E-state index < -0.39 is 10.0 Å². The number of sulfonamides is 1. The number of aromatic nitrogens is 2. The van der Waals surface area contributed by atoms with E-state index in [0.717, 1.165) is 0 Å². The van der Waals surface area contributed by atoms with Crippen LogP contribution in [0.2, 0.25) is 10.0 Å². The van der Waals surface area contributed by atoms with Crippen molar-refractivity contribution in [1.82, 2.24) is 14.9 Å². The number of amides is 1. The second-order valence-corrected chi connectivity index (χ2v) is 8.63. The molecule has 152 valence electrons. The smallest absolute Gasteiger partial charge is 0.261 e. The first-order valence-corrected chi connectivity index (χ1v) is 10.9. The fourth-order valence-corrected chi connectivity index (χ4v) is 4.06. The summed E-state index contributed by atoms with van der Waals surface area (Å²) in [7, 11) is -3.95. The first-order valence-electron chi connectivity index (χ1n) is 8.67. The third-order valence-electron chi connectivity index (χ3n) is 4.06. The standard InChI is InChI=1S/C19H18Cl2N4O3S/c20-16-7-6-14(12-17(16)21)29(27,28)24-18-5-2-1-4-15(18)19(26)23-8-3-10-25-11-9-22-13-25/h1-2,4-7,9,11-13,24H,3,8,10H2,(H,23,26). The number of para-hydroxylation sites is 1. The van der Waals surface area contributed by atoms with Crippen molar-refractivity contribution >= 4 is 44.8 Å². The van der Waals surface area contributed by atoms with Gasteiger partial charge in [0.2, 0.25) is 0 Å². The minimum absolute atomic E-state index is 0.0533. The molecule has 0 unspecified atom stereocenters. The maximum atomic E-state index is 12.7. The Labute approximate surface area is 178 Å². The molecule has 7 nitrogen and oxygen atoms in total. The number of nitrogens with one attached hydrogen (secondary N) is 2. The Bertz CT molecular complexity index is 1100. The van der Waals surface area contributed by atoms with Crippen molar-refractivity contribution in [2.24, 2.45) is 0 Å². The topological polar surface area (TPSA) is 93.1 Å². The Morgan fingerprint density at radius 1 is 1.10 bits per heavy atom. The molecule has 29 heavy (non-hydrogen) atoms. The van der Waals surface area contributed by atoms with Crippen LogP contribution in [-0.4, -0.2) is 30.4 Å². The summed E-state index contributed by atoms with van der Waals surface area (Å²) < 4.78 is 29.7. The lowest BCUT2D eigenvalue weighted by Crippen LogP contribution is -2.26. The van der Waals surface area contributed by atoms with Crippen LogP contribution in [0.25, 0.3) is 0 Å². The van der Waals surface area contributed by atoms with E-state index in [0.29, 0.717) is 19.5 Å². The zero-order valence-corrected chi connectivity index (χ0v) is 17.5. The third-order valence-corrected chi connectivity index (χ3v) is 6.16. The van der Waals surface area contributed by atoms with Gasteiger partial charge in [0, 0.05) is 25.5 Å². The summed E-state index contributed by atoms with van der Waals surface area (Å²) in [5, 5.41) is 3.17. The van der Waals surface area contributed by atoms with Gasteiger partial charge in [-0.05, 0) is 36.8 Å². The normalized spacial score (nSPS) is 11.2. The van der Waals surface area contributed by atoms with Crippen LogP contribution in [0.15, 0.2) is 66.1 Å². The molecule has 0 saturated heterocycles. The lowest BCUT2D eigenvalue weighted by molar-refractivity contribution is 0.0953. The van der Waals surface area contributed by atoms with E-state index in [-0.39, 0.29) is 32.1 Å². The van der Waals surface area contributed by atoms with Gasteiger partial charge in [0.15, 0.2) is 0 Å². The molecule has 0 aliphatic carbocycles. The number of nitrogens with zero attached hydrogens (tertiary/aromatic N) is 2. The van der Waals surface area contributed by atoms with Gasteiger partial charge in [-0.1, -0.05) is 35.3 Å². The zero-order chi connectivity index (χ0) is 20.9. The highest BCUT2D eigenvalue weighted by molar-refractivity contribution is 7.92. The molecule has 0 radical (unpaired) electrons. The van der Waals surface area contributed by atoms with E-state index in [2.05, 4.69) is 15.0 Å². The number of benzene rings is 2. The molecule has 2 aromatic carbocycles. The average molecular weight is 453 g/mol. The summed E-state index contributed by atoms with van der Waals surface area (Å²) in [5.41, 5.74) is 0.393. The van der Waals surface area contributed by atoms with Crippen molar-refractivity contribution in [2.45, 2.75) is 17.9 Å². The Morgan fingerprint density at radius 3 is 2.62 bits per heavy atom. The Balaban J connectivity index is 1.69. The van der Waals surface area contributed by atoms with E-state index in [1.54, 1.807) is 30.7 Å². The SMILES string of the molecule is O=C(NCCCn1ccnc1)c1ccccc1NS(=O)(=O)c1ccc(Cl)c(Cl)c1. The van der Waals surface area contributed by atoms with Crippen molar-refractivity contribution in [3.8, 4) is 0 Å². The molecule has 0 bridgehead atoms. The van der Waals surface area contributed by atoms with Crippen molar-refractivity contribution in [1.29, 1.82) is 0 Å². The van der Waals surface area contributed by atoms with Crippen LogP contribution in [0, 0.1) is 0 Å². The van der Waals surface area contributed by atoms with Gasteiger partial charge in [-0.25, -0.2) is 13.4 Å². The number of carbonyl (C=O) groups excluding carboxylic acids is 1. The van der Waals surface area contributed by atoms with Crippen molar-refractivity contribution in [3.63, 3.8) is 0 Å². The fraction of sp³-hybridized carbons (Fsp3) is 0.158. The van der Waals surface area contributed by atoms with Crippen LogP contribution in [0.1, 0.15) is 16.8 Å². The van der Waals surface area contributed by atoms with Gasteiger partial charge in [0.25, 0.3) is 15.9 Å². The van der Waals surface area contributed by atoms with Crippen LogP contribution >= 0.6 is 23.2 Å². The largest absolute Gasteiger partial charge is 0.352 e. The molecule has 0 fully saturated rings. The average Bonchev–Trinajstić information content (AvgIpc) is 3.21. The predicted molar refractivity (Wildman–Crippen MR) is 113 cm³/mol. The Hall–Kier alpha value is -2.55. The second-order valence-electron chi connectivity index (χ2n) is 6.14. The predicted octanol–water partition coefficient (Wildman–Crippen LogP) is 3.81. The maximum absolute atomic E-state index is 12.7. The first kappa shape index (κ1) is 21.2. The molecular weight excluding hydrogens is 435 g/mol. The molecule has 0 atom stereocenters. The van der Waals surface area contributed by atoms with Crippen LogP contribution in [-0.2, 0) is 16.6 Å².